The molecular formula is C12H14N2O2. The van der Waals surface area contributed by atoms with E-state index in [0.717, 1.165) is 11.0 Å². The lowest BCUT2D eigenvalue weighted by atomic mass is 9.93. The number of benzene rings is 1. The number of rotatable bonds is 2. The molecule has 0 radical (unpaired) electrons. The first-order valence-electron chi connectivity index (χ1n) is 5.09. The van der Waals surface area contributed by atoms with Crippen molar-refractivity contribution < 1.29 is 9.53 Å². The minimum atomic E-state index is -0.756. The van der Waals surface area contributed by atoms with Crippen molar-refractivity contribution in [1.82, 2.24) is 9.97 Å². The third-order valence-corrected chi connectivity index (χ3v) is 2.68. The number of esters is 1. The first-order chi connectivity index (χ1) is 7.55. The Hall–Kier alpha value is -1.84. The van der Waals surface area contributed by atoms with E-state index in [1.54, 1.807) is 13.8 Å². The number of aromatic amines is 1. The maximum atomic E-state index is 11.6. The smallest absolute Gasteiger partial charge is 0.318 e. The molecule has 1 aromatic heterocycles. The van der Waals surface area contributed by atoms with Crippen molar-refractivity contribution in [1.29, 1.82) is 0 Å². The molecule has 0 bridgehead atoms. The topological polar surface area (TPSA) is 55.0 Å². The summed E-state index contributed by atoms with van der Waals surface area (Å²) >= 11 is 0. The Morgan fingerprint density at radius 2 is 2.06 bits per heavy atom. The molecular weight excluding hydrogens is 204 g/mol. The number of methoxy groups -OCH3 is 1. The summed E-state index contributed by atoms with van der Waals surface area (Å²) in [6, 6.07) is 7.68. The highest BCUT2D eigenvalue weighted by atomic mass is 16.5. The molecule has 0 unspecified atom stereocenters. The van der Waals surface area contributed by atoms with Gasteiger partial charge in [-0.05, 0) is 26.0 Å². The van der Waals surface area contributed by atoms with Gasteiger partial charge in [-0.2, -0.15) is 0 Å². The van der Waals surface area contributed by atoms with E-state index in [1.807, 2.05) is 24.3 Å². The van der Waals surface area contributed by atoms with Gasteiger partial charge in [0, 0.05) is 0 Å². The van der Waals surface area contributed by atoms with Gasteiger partial charge in [0.05, 0.1) is 18.1 Å². The maximum absolute atomic E-state index is 11.6. The maximum Gasteiger partial charge on any atom is 0.318 e. The molecule has 0 atom stereocenters. The van der Waals surface area contributed by atoms with Crippen LogP contribution in [0.4, 0.5) is 0 Å². The Morgan fingerprint density at radius 1 is 1.38 bits per heavy atom. The summed E-state index contributed by atoms with van der Waals surface area (Å²) in [7, 11) is 1.38. The van der Waals surface area contributed by atoms with Crippen LogP contribution >= 0.6 is 0 Å². The quantitative estimate of drug-likeness (QED) is 0.784. The predicted octanol–water partition coefficient (Wildman–Crippen LogP) is 2.01. The van der Waals surface area contributed by atoms with Crippen LogP contribution in [0.3, 0.4) is 0 Å². The molecule has 1 N–H and O–H groups in total. The highest BCUT2D eigenvalue weighted by molar-refractivity contribution is 5.83. The van der Waals surface area contributed by atoms with E-state index in [1.165, 1.54) is 7.11 Å². The number of H-pyrrole nitrogens is 1. The molecule has 1 heterocycles. The van der Waals surface area contributed by atoms with E-state index in [4.69, 9.17) is 4.74 Å². The highest BCUT2D eigenvalue weighted by Gasteiger charge is 2.34. The van der Waals surface area contributed by atoms with Crippen molar-refractivity contribution in [2.45, 2.75) is 19.3 Å². The summed E-state index contributed by atoms with van der Waals surface area (Å²) in [5.41, 5.74) is 1.03. The van der Waals surface area contributed by atoms with Crippen molar-refractivity contribution in [3.63, 3.8) is 0 Å². The van der Waals surface area contributed by atoms with E-state index in [2.05, 4.69) is 9.97 Å². The van der Waals surface area contributed by atoms with Crippen LogP contribution in [0.1, 0.15) is 19.7 Å². The number of aromatic nitrogens is 2. The number of carbonyl (C=O) groups excluding carboxylic acids is 1. The zero-order chi connectivity index (χ0) is 11.8. The van der Waals surface area contributed by atoms with Crippen molar-refractivity contribution in [2.75, 3.05) is 7.11 Å². The average molecular weight is 218 g/mol. The SMILES string of the molecule is COC(=O)C(C)(C)c1nc2ccccc2[nH]1. The Balaban J connectivity index is 2.51. The average Bonchev–Trinajstić information content (AvgIpc) is 2.72. The van der Waals surface area contributed by atoms with Gasteiger partial charge in [0.15, 0.2) is 0 Å². The van der Waals surface area contributed by atoms with E-state index in [9.17, 15) is 4.79 Å². The monoisotopic (exact) mass is 218 g/mol. The number of para-hydroxylation sites is 2. The summed E-state index contributed by atoms with van der Waals surface area (Å²) in [4.78, 5) is 19.2. The molecule has 84 valence electrons. The number of fused-ring (bicyclic) bond motifs is 1. The third kappa shape index (κ3) is 1.56. The van der Waals surface area contributed by atoms with Gasteiger partial charge in [0.2, 0.25) is 0 Å². The van der Waals surface area contributed by atoms with Crippen LogP contribution < -0.4 is 0 Å². The van der Waals surface area contributed by atoms with Gasteiger partial charge < -0.3 is 9.72 Å². The standard InChI is InChI=1S/C12H14N2O2/c1-12(2,11(15)16-3)10-13-8-6-4-5-7-9(8)14-10/h4-7H,1-3H3,(H,13,14). The zero-order valence-electron chi connectivity index (χ0n) is 9.57. The molecule has 0 fully saturated rings. The number of nitrogens with one attached hydrogen (secondary N) is 1. The number of nitrogens with zero attached hydrogens (tertiary/aromatic N) is 1. The number of ether oxygens (including phenoxy) is 1. The van der Waals surface area contributed by atoms with Crippen LogP contribution in [0.5, 0.6) is 0 Å². The lowest BCUT2D eigenvalue weighted by Crippen LogP contribution is -2.31. The Morgan fingerprint density at radius 3 is 2.69 bits per heavy atom. The normalized spacial score (nSPS) is 11.7. The van der Waals surface area contributed by atoms with Crippen LogP contribution in [-0.2, 0) is 14.9 Å². The van der Waals surface area contributed by atoms with Crippen molar-refractivity contribution in [3.05, 3.63) is 30.1 Å². The first kappa shape index (κ1) is 10.7. The van der Waals surface area contributed by atoms with E-state index < -0.39 is 5.41 Å². The molecule has 0 saturated carbocycles. The van der Waals surface area contributed by atoms with Crippen molar-refractivity contribution >= 4 is 17.0 Å². The molecule has 0 amide bonds. The zero-order valence-corrected chi connectivity index (χ0v) is 9.57. The van der Waals surface area contributed by atoms with Gasteiger partial charge in [-0.1, -0.05) is 12.1 Å². The fraction of sp³-hybridized carbons (Fsp3) is 0.333. The molecule has 0 aliphatic rings. The van der Waals surface area contributed by atoms with Crippen LogP contribution in [0, 0.1) is 0 Å². The minimum Gasteiger partial charge on any atom is -0.468 e. The lowest BCUT2D eigenvalue weighted by molar-refractivity contribution is -0.146. The lowest BCUT2D eigenvalue weighted by Gasteiger charge is -2.18. The summed E-state index contributed by atoms with van der Waals surface area (Å²) < 4.78 is 4.77. The molecule has 0 spiro atoms. The van der Waals surface area contributed by atoms with E-state index in [-0.39, 0.29) is 5.97 Å². The molecule has 0 saturated heterocycles. The molecule has 0 aliphatic carbocycles. The van der Waals surface area contributed by atoms with Crippen LogP contribution in [-0.4, -0.2) is 23.0 Å². The van der Waals surface area contributed by atoms with Gasteiger partial charge in [0.1, 0.15) is 11.2 Å². The Kier molecular flexibility index (Phi) is 2.42. The highest BCUT2D eigenvalue weighted by Crippen LogP contribution is 2.24. The number of hydrogen-bond acceptors (Lipinski definition) is 3. The molecule has 4 nitrogen and oxygen atoms in total. The van der Waals surface area contributed by atoms with Gasteiger partial charge in [-0.3, -0.25) is 4.79 Å². The molecule has 1 aromatic carbocycles. The fourth-order valence-corrected chi connectivity index (χ4v) is 1.60. The summed E-state index contributed by atoms with van der Waals surface area (Å²) in [5, 5.41) is 0. The Labute approximate surface area is 93.6 Å². The van der Waals surface area contributed by atoms with Crippen molar-refractivity contribution in [3.8, 4) is 0 Å². The molecule has 4 heteroatoms. The van der Waals surface area contributed by atoms with Crippen LogP contribution in [0.2, 0.25) is 0 Å². The van der Waals surface area contributed by atoms with Crippen molar-refractivity contribution in [2.24, 2.45) is 0 Å². The number of carbonyl (C=O) groups is 1. The Bertz CT molecular complexity index is 496. The largest absolute Gasteiger partial charge is 0.468 e. The minimum absolute atomic E-state index is 0.299. The molecule has 16 heavy (non-hydrogen) atoms. The molecule has 2 aromatic rings. The second kappa shape index (κ2) is 3.63. The third-order valence-electron chi connectivity index (χ3n) is 2.68. The van der Waals surface area contributed by atoms with E-state index >= 15 is 0 Å². The van der Waals surface area contributed by atoms with Gasteiger partial charge in [0.25, 0.3) is 0 Å². The summed E-state index contributed by atoms with van der Waals surface area (Å²) in [6.07, 6.45) is 0. The summed E-state index contributed by atoms with van der Waals surface area (Å²) in [5.74, 6) is 0.326. The van der Waals surface area contributed by atoms with Gasteiger partial charge >= 0.3 is 5.97 Å². The number of imidazole rings is 1. The van der Waals surface area contributed by atoms with E-state index in [0.29, 0.717) is 5.82 Å². The number of hydrogen-bond donors (Lipinski definition) is 1. The van der Waals surface area contributed by atoms with Crippen LogP contribution in [0.25, 0.3) is 11.0 Å². The first-order valence-corrected chi connectivity index (χ1v) is 5.09. The second-order valence-corrected chi connectivity index (χ2v) is 4.22. The molecule has 2 rings (SSSR count). The molecule has 0 aliphatic heterocycles. The fourth-order valence-electron chi connectivity index (χ4n) is 1.60. The van der Waals surface area contributed by atoms with Crippen LogP contribution in [0.15, 0.2) is 24.3 Å². The predicted molar refractivity (Wildman–Crippen MR) is 61.1 cm³/mol. The summed E-state index contributed by atoms with van der Waals surface area (Å²) in [6.45, 7) is 3.58. The van der Waals surface area contributed by atoms with Gasteiger partial charge in [-0.25, -0.2) is 4.98 Å². The van der Waals surface area contributed by atoms with Gasteiger partial charge in [-0.15, -0.1) is 0 Å². The second-order valence-electron chi connectivity index (χ2n) is 4.22.